The molecule has 5 rings (SSSR count). The van der Waals surface area contributed by atoms with Crippen molar-refractivity contribution >= 4 is 11.9 Å². The van der Waals surface area contributed by atoms with Crippen molar-refractivity contribution in [3.8, 4) is 5.75 Å². The van der Waals surface area contributed by atoms with Crippen LogP contribution in [-0.2, 0) is 6.42 Å². The first-order valence-electron chi connectivity index (χ1n) is 10.7. The van der Waals surface area contributed by atoms with E-state index in [0.29, 0.717) is 23.5 Å². The molecule has 4 atom stereocenters. The first-order chi connectivity index (χ1) is 14.0. The maximum atomic E-state index is 13.4. The van der Waals surface area contributed by atoms with E-state index in [1.165, 1.54) is 48.2 Å². The predicted octanol–water partition coefficient (Wildman–Crippen LogP) is 5.86. The number of benzene rings is 2. The Balaban J connectivity index is 1.38. The molecule has 0 aliphatic heterocycles. The summed E-state index contributed by atoms with van der Waals surface area (Å²) in [7, 11) is 0. The average Bonchev–Trinajstić information content (AvgIpc) is 3.04. The lowest BCUT2D eigenvalue weighted by molar-refractivity contribution is 0.0955. The Bertz CT molecular complexity index is 998. The molecule has 4 heteroatoms. The maximum Gasteiger partial charge on any atom is 0.123 e. The largest absolute Gasteiger partial charge is 0.508 e. The van der Waals surface area contributed by atoms with Gasteiger partial charge in [-0.1, -0.05) is 25.1 Å². The Morgan fingerprint density at radius 3 is 2.86 bits per heavy atom. The van der Waals surface area contributed by atoms with Crippen LogP contribution < -0.4 is 0 Å². The number of nitrogens with zero attached hydrogens (tertiary/aromatic N) is 2. The van der Waals surface area contributed by atoms with Crippen molar-refractivity contribution in [1.29, 1.82) is 0 Å². The molecular weight excluding hydrogens is 363 g/mol. The summed E-state index contributed by atoms with van der Waals surface area (Å²) in [6.45, 7) is 2.38. The van der Waals surface area contributed by atoms with Gasteiger partial charge in [0, 0.05) is 11.1 Å². The minimum atomic E-state index is -0.251. The van der Waals surface area contributed by atoms with Crippen molar-refractivity contribution in [1.82, 2.24) is 0 Å². The number of phenols is 1. The summed E-state index contributed by atoms with van der Waals surface area (Å²) in [4.78, 5) is 0. The van der Waals surface area contributed by atoms with Gasteiger partial charge in [-0.3, -0.25) is 0 Å². The van der Waals surface area contributed by atoms with E-state index in [2.05, 4.69) is 23.2 Å². The topological polar surface area (TPSA) is 45.0 Å². The van der Waals surface area contributed by atoms with E-state index in [1.807, 2.05) is 18.2 Å². The Labute approximate surface area is 171 Å². The van der Waals surface area contributed by atoms with Gasteiger partial charge in [0.25, 0.3) is 0 Å². The molecule has 3 aliphatic rings. The van der Waals surface area contributed by atoms with Crippen LogP contribution in [0.25, 0.3) is 0 Å². The van der Waals surface area contributed by atoms with E-state index >= 15 is 0 Å². The molecule has 0 aromatic heterocycles. The standard InChI is InChI=1S/C25H27FN2O/c1-25-12-11-21-20-8-6-19(29)14-17(20)5-7-22(21)23(25)9-10-24(25)28-27-15-16-3-2-4-18(26)13-16/h2-4,6,8,13-15,21-23,29H,5,7,9-12H2,1H3/b27-15-,28-24-/t21-,22-,23-,25+/m1/s1. The summed E-state index contributed by atoms with van der Waals surface area (Å²) in [5.41, 5.74) is 4.86. The lowest BCUT2D eigenvalue weighted by Gasteiger charge is -2.49. The summed E-state index contributed by atoms with van der Waals surface area (Å²) in [6, 6.07) is 12.4. The molecule has 1 N–H and O–H groups in total. The first-order valence-corrected chi connectivity index (χ1v) is 10.7. The second-order valence-electron chi connectivity index (χ2n) is 9.14. The third-order valence-electron chi connectivity index (χ3n) is 7.69. The lowest BCUT2D eigenvalue weighted by Crippen LogP contribution is -2.42. The van der Waals surface area contributed by atoms with Crippen molar-refractivity contribution in [3.05, 3.63) is 65.0 Å². The number of rotatable bonds is 2. The minimum absolute atomic E-state index is 0.120. The predicted molar refractivity (Wildman–Crippen MR) is 114 cm³/mol. The fraction of sp³-hybridized carbons (Fsp3) is 0.440. The third kappa shape index (κ3) is 3.19. The number of aromatic hydroxyl groups is 1. The van der Waals surface area contributed by atoms with Gasteiger partial charge in [0.15, 0.2) is 0 Å². The van der Waals surface area contributed by atoms with Crippen molar-refractivity contribution in [3.63, 3.8) is 0 Å². The summed E-state index contributed by atoms with van der Waals surface area (Å²) >= 11 is 0. The summed E-state index contributed by atoms with van der Waals surface area (Å²) in [6.07, 6.45) is 8.40. The highest BCUT2D eigenvalue weighted by Gasteiger charge is 2.53. The van der Waals surface area contributed by atoms with E-state index in [9.17, 15) is 9.50 Å². The van der Waals surface area contributed by atoms with E-state index in [0.717, 1.165) is 24.8 Å². The molecule has 2 saturated carbocycles. The molecule has 0 saturated heterocycles. The van der Waals surface area contributed by atoms with Crippen LogP contribution >= 0.6 is 0 Å². The quantitative estimate of drug-likeness (QED) is 0.506. The fourth-order valence-electron chi connectivity index (χ4n) is 6.27. The van der Waals surface area contributed by atoms with Gasteiger partial charge in [0.05, 0.1) is 6.21 Å². The second kappa shape index (κ2) is 7.08. The molecule has 2 aromatic carbocycles. The number of phenolic OH excluding ortho intramolecular Hbond substituents is 1. The molecule has 150 valence electrons. The number of aryl methyl sites for hydroxylation is 1. The molecule has 3 nitrogen and oxygen atoms in total. The van der Waals surface area contributed by atoms with Crippen molar-refractivity contribution in [2.45, 2.75) is 51.4 Å². The van der Waals surface area contributed by atoms with Crippen LogP contribution in [0.3, 0.4) is 0 Å². The molecule has 0 radical (unpaired) electrons. The van der Waals surface area contributed by atoms with Gasteiger partial charge in [-0.25, -0.2) is 4.39 Å². The van der Waals surface area contributed by atoms with Crippen LogP contribution in [-0.4, -0.2) is 17.0 Å². The Morgan fingerprint density at radius 1 is 1.10 bits per heavy atom. The zero-order valence-corrected chi connectivity index (χ0v) is 16.8. The zero-order chi connectivity index (χ0) is 20.0. The smallest absolute Gasteiger partial charge is 0.123 e. The van der Waals surface area contributed by atoms with Crippen molar-refractivity contribution in [2.75, 3.05) is 0 Å². The van der Waals surface area contributed by atoms with Crippen molar-refractivity contribution in [2.24, 2.45) is 27.5 Å². The molecule has 0 spiro atoms. The Hall–Kier alpha value is -2.49. The third-order valence-corrected chi connectivity index (χ3v) is 7.69. The zero-order valence-electron chi connectivity index (χ0n) is 16.8. The van der Waals surface area contributed by atoms with E-state index < -0.39 is 0 Å². The molecule has 2 aromatic rings. The lowest BCUT2D eigenvalue weighted by atomic mass is 9.55. The van der Waals surface area contributed by atoms with Gasteiger partial charge in [-0.2, -0.15) is 10.2 Å². The molecule has 0 bridgehead atoms. The van der Waals surface area contributed by atoms with Gasteiger partial charge < -0.3 is 5.11 Å². The van der Waals surface area contributed by atoms with Crippen LogP contribution in [0.5, 0.6) is 5.75 Å². The molecular formula is C25H27FN2O. The van der Waals surface area contributed by atoms with Gasteiger partial charge in [-0.05, 0) is 97.2 Å². The number of fused-ring (bicyclic) bond motifs is 5. The Kier molecular flexibility index (Phi) is 4.53. The van der Waals surface area contributed by atoms with Crippen molar-refractivity contribution < 1.29 is 9.50 Å². The minimum Gasteiger partial charge on any atom is -0.508 e. The summed E-state index contributed by atoms with van der Waals surface area (Å²) in [5, 5.41) is 18.8. The SMILES string of the molecule is C[C@]12CC[C@@H]3c4ccc(O)cc4CC[C@H]3[C@H]1CC/C2=N/N=C\c1cccc(F)c1. The average molecular weight is 391 g/mol. The summed E-state index contributed by atoms with van der Waals surface area (Å²) in [5.74, 6) is 2.07. The highest BCUT2D eigenvalue weighted by Crippen LogP contribution is 2.60. The van der Waals surface area contributed by atoms with Crippen LogP contribution in [0.15, 0.2) is 52.7 Å². The maximum absolute atomic E-state index is 13.4. The van der Waals surface area contributed by atoms with E-state index in [-0.39, 0.29) is 11.2 Å². The van der Waals surface area contributed by atoms with E-state index in [4.69, 9.17) is 0 Å². The van der Waals surface area contributed by atoms with Gasteiger partial charge in [0.1, 0.15) is 11.6 Å². The number of hydrogen-bond acceptors (Lipinski definition) is 3. The van der Waals surface area contributed by atoms with Crippen LogP contribution in [0.1, 0.15) is 61.6 Å². The van der Waals surface area contributed by atoms with Gasteiger partial charge >= 0.3 is 0 Å². The number of halogens is 1. The highest BCUT2D eigenvalue weighted by atomic mass is 19.1. The molecule has 29 heavy (non-hydrogen) atoms. The van der Waals surface area contributed by atoms with Crippen LogP contribution in [0.4, 0.5) is 4.39 Å². The number of hydrogen-bond donors (Lipinski definition) is 1. The first kappa shape index (κ1) is 18.5. The second-order valence-corrected chi connectivity index (χ2v) is 9.14. The Morgan fingerprint density at radius 2 is 2.00 bits per heavy atom. The van der Waals surface area contributed by atoms with Gasteiger partial charge in [0.2, 0.25) is 0 Å². The molecule has 0 unspecified atom stereocenters. The van der Waals surface area contributed by atoms with Crippen LogP contribution in [0.2, 0.25) is 0 Å². The molecule has 0 heterocycles. The fourth-order valence-corrected chi connectivity index (χ4v) is 6.27. The molecule has 3 aliphatic carbocycles. The van der Waals surface area contributed by atoms with Gasteiger partial charge in [-0.15, -0.1) is 0 Å². The van der Waals surface area contributed by atoms with E-state index in [1.54, 1.807) is 12.3 Å². The highest BCUT2D eigenvalue weighted by molar-refractivity contribution is 5.93. The summed E-state index contributed by atoms with van der Waals surface area (Å²) < 4.78 is 13.4. The normalized spacial score (nSPS) is 32.2. The molecule has 0 amide bonds. The monoisotopic (exact) mass is 390 g/mol. The van der Waals surface area contributed by atoms with Crippen LogP contribution in [0, 0.1) is 23.1 Å². The molecule has 2 fully saturated rings.